The third-order valence-electron chi connectivity index (χ3n) is 8.09. The molecule has 0 amide bonds. The minimum atomic E-state index is -0.527. The maximum absolute atomic E-state index is 10.6. The zero-order chi connectivity index (χ0) is 31.6. The Balaban J connectivity index is 1.34. The van der Waals surface area contributed by atoms with E-state index in [1.54, 1.807) is 0 Å². The maximum Gasteiger partial charge on any atom is 0.167 e. The van der Waals surface area contributed by atoms with Crippen LogP contribution in [0.4, 0.5) is 0 Å². The van der Waals surface area contributed by atoms with Crippen molar-refractivity contribution >= 4 is 0 Å². The summed E-state index contributed by atoms with van der Waals surface area (Å²) in [5.74, 6) is 2.32. The second-order valence-corrected chi connectivity index (χ2v) is 11.5. The van der Waals surface area contributed by atoms with Crippen LogP contribution in [-0.2, 0) is 0 Å². The number of aliphatic hydroxyl groups excluding tert-OH is 1. The molecule has 5 heteroatoms. The first-order chi connectivity index (χ1) is 22.7. The Morgan fingerprint density at radius 2 is 0.957 bits per heavy atom. The number of hydrogen-bond donors (Lipinski definition) is 1. The predicted molar refractivity (Wildman–Crippen MR) is 187 cm³/mol. The van der Waals surface area contributed by atoms with E-state index in [-0.39, 0.29) is 6.61 Å². The molecule has 0 saturated carbocycles. The summed E-state index contributed by atoms with van der Waals surface area (Å²) in [5, 5.41) is 10.6. The van der Waals surface area contributed by atoms with Crippen molar-refractivity contribution in [1.29, 1.82) is 0 Å². The molecule has 0 saturated heterocycles. The van der Waals surface area contributed by atoms with Crippen LogP contribution in [0.25, 0.3) is 56.4 Å². The molecule has 0 aliphatic heterocycles. The lowest BCUT2D eigenvalue weighted by atomic mass is 10.0. The van der Waals surface area contributed by atoms with E-state index in [0.29, 0.717) is 23.2 Å². The minimum Gasteiger partial charge on any atom is -0.490 e. The second-order valence-electron chi connectivity index (χ2n) is 11.5. The van der Waals surface area contributed by atoms with Gasteiger partial charge in [-0.1, -0.05) is 154 Å². The fourth-order valence-corrected chi connectivity index (χ4v) is 5.49. The molecule has 5 nitrogen and oxygen atoms in total. The number of para-hydroxylation sites is 1. The van der Waals surface area contributed by atoms with Gasteiger partial charge in [0.25, 0.3) is 0 Å². The monoisotopic (exact) mass is 605 g/mol. The van der Waals surface area contributed by atoms with Gasteiger partial charge in [-0.15, -0.1) is 0 Å². The van der Waals surface area contributed by atoms with Gasteiger partial charge in [0.15, 0.2) is 17.5 Å². The summed E-state index contributed by atoms with van der Waals surface area (Å²) in [4.78, 5) is 14.9. The van der Waals surface area contributed by atoms with Crippen LogP contribution < -0.4 is 4.74 Å². The van der Waals surface area contributed by atoms with Crippen molar-refractivity contribution in [1.82, 2.24) is 15.0 Å². The molecular weight excluding hydrogens is 566 g/mol. The molecule has 46 heavy (non-hydrogen) atoms. The number of aliphatic hydroxyl groups is 1. The number of unbranched alkanes of at least 4 members (excludes halogenated alkanes) is 3. The third kappa shape index (κ3) is 7.74. The van der Waals surface area contributed by atoms with E-state index in [1.165, 1.54) is 12.8 Å². The quantitative estimate of drug-likeness (QED) is 0.133. The zero-order valence-corrected chi connectivity index (χ0v) is 26.2. The van der Waals surface area contributed by atoms with E-state index in [2.05, 4.69) is 79.7 Å². The smallest absolute Gasteiger partial charge is 0.167 e. The summed E-state index contributed by atoms with van der Waals surface area (Å²) < 4.78 is 6.18. The summed E-state index contributed by atoms with van der Waals surface area (Å²) in [7, 11) is 0. The first-order valence-corrected chi connectivity index (χ1v) is 16.2. The minimum absolute atomic E-state index is 0.218. The molecule has 1 N–H and O–H groups in total. The fourth-order valence-electron chi connectivity index (χ4n) is 5.49. The first-order valence-electron chi connectivity index (χ1n) is 16.2. The number of ether oxygens (including phenoxy) is 1. The van der Waals surface area contributed by atoms with E-state index in [4.69, 9.17) is 19.7 Å². The zero-order valence-electron chi connectivity index (χ0n) is 26.2. The number of benzene rings is 5. The van der Waals surface area contributed by atoms with Crippen molar-refractivity contribution in [3.63, 3.8) is 0 Å². The van der Waals surface area contributed by atoms with Crippen LogP contribution in [-0.4, -0.2) is 32.8 Å². The van der Waals surface area contributed by atoms with Gasteiger partial charge in [0, 0.05) is 11.1 Å². The first kappa shape index (κ1) is 30.9. The Morgan fingerprint density at radius 3 is 1.50 bits per heavy atom. The molecular formula is C41H39N3O2. The van der Waals surface area contributed by atoms with E-state index >= 15 is 0 Å². The SMILES string of the molecule is CCCCCCC(O)COc1ccccc1-c1nc(-c2ccc(-c3ccccc3)cc2)nc(-c2ccc(-c3ccccc3)cc2)n1. The van der Waals surface area contributed by atoms with Gasteiger partial charge < -0.3 is 9.84 Å². The highest BCUT2D eigenvalue weighted by atomic mass is 16.5. The summed E-state index contributed by atoms with van der Waals surface area (Å²) in [6.45, 7) is 2.41. The van der Waals surface area contributed by atoms with Gasteiger partial charge in [0.1, 0.15) is 12.4 Å². The number of rotatable bonds is 13. The molecule has 1 unspecified atom stereocenters. The van der Waals surface area contributed by atoms with Crippen LogP contribution in [0.2, 0.25) is 0 Å². The van der Waals surface area contributed by atoms with Crippen LogP contribution in [0, 0.1) is 0 Å². The predicted octanol–water partition coefficient (Wildman–Crippen LogP) is 9.92. The number of aromatic nitrogens is 3. The molecule has 0 aliphatic carbocycles. The third-order valence-corrected chi connectivity index (χ3v) is 8.09. The van der Waals surface area contributed by atoms with E-state index in [1.807, 2.05) is 60.7 Å². The van der Waals surface area contributed by atoms with Crippen LogP contribution >= 0.6 is 0 Å². The lowest BCUT2D eigenvalue weighted by Crippen LogP contribution is -2.17. The Kier molecular flexibility index (Phi) is 10.2. The summed E-state index contributed by atoms with van der Waals surface area (Å²) >= 11 is 0. The Morgan fingerprint density at radius 1 is 0.500 bits per heavy atom. The number of nitrogens with zero attached hydrogens (tertiary/aromatic N) is 3. The average molecular weight is 606 g/mol. The molecule has 0 bridgehead atoms. The summed E-state index contributed by atoms with van der Waals surface area (Å²) in [5.41, 5.74) is 7.11. The number of hydrogen-bond acceptors (Lipinski definition) is 5. The largest absolute Gasteiger partial charge is 0.490 e. The molecule has 6 aromatic rings. The van der Waals surface area contributed by atoms with Crippen LogP contribution in [0.1, 0.15) is 39.0 Å². The topological polar surface area (TPSA) is 68.1 Å². The van der Waals surface area contributed by atoms with Crippen molar-refractivity contribution < 1.29 is 9.84 Å². The Bertz CT molecular complexity index is 1720. The van der Waals surface area contributed by atoms with Gasteiger partial charge in [-0.2, -0.15) is 0 Å². The van der Waals surface area contributed by atoms with Gasteiger partial charge >= 0.3 is 0 Å². The van der Waals surface area contributed by atoms with E-state index in [9.17, 15) is 5.11 Å². The molecule has 5 aromatic carbocycles. The fraction of sp³-hybridized carbons (Fsp3) is 0.195. The molecule has 6 rings (SSSR count). The molecule has 0 spiro atoms. The van der Waals surface area contributed by atoms with Crippen molar-refractivity contribution in [2.45, 2.75) is 45.1 Å². The highest BCUT2D eigenvalue weighted by molar-refractivity contribution is 5.73. The second kappa shape index (κ2) is 15.2. The lowest BCUT2D eigenvalue weighted by molar-refractivity contribution is 0.0978. The van der Waals surface area contributed by atoms with Gasteiger partial charge in [0.2, 0.25) is 0 Å². The maximum atomic E-state index is 10.6. The standard InChI is InChI=1S/C41H39N3O2/c1-2-3-4-11-18-36(45)29-46-38-20-13-12-19-37(38)41-43-39(34-25-21-32(22-26-34)30-14-7-5-8-15-30)42-40(44-41)35-27-23-33(24-28-35)31-16-9-6-10-17-31/h5-10,12-17,19-28,36,45H,2-4,11,18,29H2,1H3. The molecule has 1 atom stereocenters. The van der Waals surface area contributed by atoms with Crippen LogP contribution in [0.15, 0.2) is 133 Å². The molecule has 0 fully saturated rings. The summed E-state index contributed by atoms with van der Waals surface area (Å²) in [6.07, 6.45) is 4.67. The van der Waals surface area contributed by atoms with Crippen molar-refractivity contribution in [3.8, 4) is 62.2 Å². The highest BCUT2D eigenvalue weighted by Gasteiger charge is 2.17. The lowest BCUT2D eigenvalue weighted by Gasteiger charge is -2.15. The Labute approximate surface area is 271 Å². The van der Waals surface area contributed by atoms with Gasteiger partial charge in [0.05, 0.1) is 11.7 Å². The van der Waals surface area contributed by atoms with Gasteiger partial charge in [-0.05, 0) is 40.8 Å². The average Bonchev–Trinajstić information content (AvgIpc) is 3.13. The molecule has 0 radical (unpaired) electrons. The Hall–Kier alpha value is -5.13. The summed E-state index contributed by atoms with van der Waals surface area (Å²) in [6, 6.07) is 45.0. The van der Waals surface area contributed by atoms with Crippen molar-refractivity contribution in [2.24, 2.45) is 0 Å². The van der Waals surface area contributed by atoms with Crippen LogP contribution in [0.5, 0.6) is 5.75 Å². The van der Waals surface area contributed by atoms with Crippen molar-refractivity contribution in [2.75, 3.05) is 6.61 Å². The molecule has 0 aliphatic rings. The van der Waals surface area contributed by atoms with E-state index in [0.717, 1.165) is 58.2 Å². The highest BCUT2D eigenvalue weighted by Crippen LogP contribution is 2.32. The van der Waals surface area contributed by atoms with Gasteiger partial charge in [-0.3, -0.25) is 0 Å². The van der Waals surface area contributed by atoms with E-state index < -0.39 is 6.10 Å². The van der Waals surface area contributed by atoms with Crippen molar-refractivity contribution in [3.05, 3.63) is 133 Å². The van der Waals surface area contributed by atoms with Gasteiger partial charge in [-0.25, -0.2) is 15.0 Å². The normalized spacial score (nSPS) is 11.7. The molecule has 1 heterocycles. The molecule has 1 aromatic heterocycles. The van der Waals surface area contributed by atoms with Crippen LogP contribution in [0.3, 0.4) is 0 Å². The molecule has 230 valence electrons.